The molecule has 0 saturated carbocycles. The quantitative estimate of drug-likeness (QED) is 0.750. The van der Waals surface area contributed by atoms with Crippen LogP contribution in [0.3, 0.4) is 0 Å². The van der Waals surface area contributed by atoms with E-state index >= 15 is 0 Å². The lowest BCUT2D eigenvalue weighted by Gasteiger charge is -2.29. The van der Waals surface area contributed by atoms with E-state index in [1.807, 2.05) is 6.07 Å². The Balaban J connectivity index is 2.93. The highest BCUT2D eigenvalue weighted by molar-refractivity contribution is 5.62. The first-order valence-corrected chi connectivity index (χ1v) is 6.89. The maximum Gasteiger partial charge on any atom is 0.144 e. The van der Waals surface area contributed by atoms with Crippen LogP contribution in [0.4, 0.5) is 11.4 Å². The van der Waals surface area contributed by atoms with Crippen LogP contribution in [0.15, 0.2) is 18.2 Å². The Morgan fingerprint density at radius 1 is 1.22 bits per heavy atom. The maximum atomic E-state index is 5.94. The molecule has 0 spiro atoms. The summed E-state index contributed by atoms with van der Waals surface area (Å²) in [5.74, 6) is 0.802. The van der Waals surface area contributed by atoms with E-state index in [-0.39, 0.29) is 0 Å². The monoisotopic (exact) mass is 250 g/mol. The van der Waals surface area contributed by atoms with Gasteiger partial charge in [-0.3, -0.25) is 0 Å². The summed E-state index contributed by atoms with van der Waals surface area (Å²) in [6.45, 7) is 10.5. The molecule has 0 saturated heterocycles. The summed E-state index contributed by atoms with van der Waals surface area (Å²) in [6, 6.07) is 6.54. The second-order valence-electron chi connectivity index (χ2n) is 4.86. The van der Waals surface area contributed by atoms with E-state index in [1.165, 1.54) is 5.69 Å². The summed E-state index contributed by atoms with van der Waals surface area (Å²) in [4.78, 5) is 2.37. The average molecular weight is 250 g/mol. The first-order valence-electron chi connectivity index (χ1n) is 6.89. The van der Waals surface area contributed by atoms with Gasteiger partial charge in [0.05, 0.1) is 12.3 Å². The number of hydrogen-bond donors (Lipinski definition) is 1. The SMILES string of the molecule is CCCOc1cc(N(CCC)C(C)C)ccc1N. The minimum atomic E-state index is 0.479. The third-order valence-electron chi connectivity index (χ3n) is 2.88. The molecule has 3 nitrogen and oxygen atoms in total. The number of nitrogens with two attached hydrogens (primary N) is 1. The highest BCUT2D eigenvalue weighted by Crippen LogP contribution is 2.29. The molecular formula is C15H26N2O. The molecule has 0 amide bonds. The molecule has 0 aliphatic rings. The molecule has 0 unspecified atom stereocenters. The summed E-state index contributed by atoms with van der Waals surface area (Å²) in [7, 11) is 0. The maximum absolute atomic E-state index is 5.94. The lowest BCUT2D eigenvalue weighted by Crippen LogP contribution is -2.31. The first kappa shape index (κ1) is 14.7. The highest BCUT2D eigenvalue weighted by atomic mass is 16.5. The largest absolute Gasteiger partial charge is 0.491 e. The van der Waals surface area contributed by atoms with Gasteiger partial charge in [-0.25, -0.2) is 0 Å². The van der Waals surface area contributed by atoms with Crippen molar-refractivity contribution in [2.75, 3.05) is 23.8 Å². The highest BCUT2D eigenvalue weighted by Gasteiger charge is 2.11. The van der Waals surface area contributed by atoms with Crippen molar-refractivity contribution in [1.82, 2.24) is 0 Å². The third kappa shape index (κ3) is 3.83. The number of nitrogens with zero attached hydrogens (tertiary/aromatic N) is 1. The molecule has 0 aliphatic carbocycles. The van der Waals surface area contributed by atoms with E-state index in [2.05, 4.69) is 44.7 Å². The number of nitrogen functional groups attached to an aromatic ring is 1. The standard InChI is InChI=1S/C15H26N2O/c1-5-9-17(12(3)4)13-7-8-14(16)15(11-13)18-10-6-2/h7-8,11-12H,5-6,9-10,16H2,1-4H3. The van der Waals surface area contributed by atoms with Crippen LogP contribution in [0.25, 0.3) is 0 Å². The van der Waals surface area contributed by atoms with Crippen molar-refractivity contribution in [3.8, 4) is 5.75 Å². The lowest BCUT2D eigenvalue weighted by atomic mass is 10.2. The Kier molecular flexibility index (Phi) is 5.83. The molecule has 1 aromatic carbocycles. The normalized spacial score (nSPS) is 10.7. The molecule has 1 aromatic rings. The van der Waals surface area contributed by atoms with Crippen LogP contribution in [0, 0.1) is 0 Å². The van der Waals surface area contributed by atoms with Crippen molar-refractivity contribution in [3.63, 3.8) is 0 Å². The molecule has 18 heavy (non-hydrogen) atoms. The van der Waals surface area contributed by atoms with Crippen LogP contribution in [0.5, 0.6) is 5.75 Å². The summed E-state index contributed by atoms with van der Waals surface area (Å²) in [6.07, 6.45) is 2.13. The number of rotatable bonds is 7. The number of benzene rings is 1. The van der Waals surface area contributed by atoms with Crippen molar-refractivity contribution in [1.29, 1.82) is 0 Å². The predicted molar refractivity (Wildman–Crippen MR) is 79.4 cm³/mol. The Bertz CT molecular complexity index is 364. The van der Waals surface area contributed by atoms with Gasteiger partial charge in [0.2, 0.25) is 0 Å². The van der Waals surface area contributed by atoms with Gasteiger partial charge in [-0.1, -0.05) is 13.8 Å². The second-order valence-corrected chi connectivity index (χ2v) is 4.86. The van der Waals surface area contributed by atoms with Gasteiger partial charge in [0.15, 0.2) is 0 Å². The van der Waals surface area contributed by atoms with E-state index in [0.29, 0.717) is 18.3 Å². The van der Waals surface area contributed by atoms with Gasteiger partial charge >= 0.3 is 0 Å². The third-order valence-corrected chi connectivity index (χ3v) is 2.88. The molecule has 0 fully saturated rings. The topological polar surface area (TPSA) is 38.5 Å². The van der Waals surface area contributed by atoms with Gasteiger partial charge in [-0.15, -0.1) is 0 Å². The van der Waals surface area contributed by atoms with Crippen LogP contribution < -0.4 is 15.4 Å². The molecule has 0 atom stereocenters. The molecule has 0 heterocycles. The molecule has 0 radical (unpaired) electrons. The van der Waals surface area contributed by atoms with Gasteiger partial charge in [0, 0.05) is 24.3 Å². The van der Waals surface area contributed by atoms with Gasteiger partial charge in [0.1, 0.15) is 5.75 Å². The Morgan fingerprint density at radius 3 is 2.50 bits per heavy atom. The zero-order valence-electron chi connectivity index (χ0n) is 12.1. The zero-order chi connectivity index (χ0) is 13.5. The van der Waals surface area contributed by atoms with E-state index in [9.17, 15) is 0 Å². The molecule has 0 bridgehead atoms. The van der Waals surface area contributed by atoms with Gasteiger partial charge in [0.25, 0.3) is 0 Å². The van der Waals surface area contributed by atoms with Gasteiger partial charge < -0.3 is 15.4 Å². The molecule has 0 aliphatic heterocycles. The fourth-order valence-electron chi connectivity index (χ4n) is 1.97. The summed E-state index contributed by atoms with van der Waals surface area (Å²) in [5, 5.41) is 0. The summed E-state index contributed by atoms with van der Waals surface area (Å²) < 4.78 is 5.68. The van der Waals surface area contributed by atoms with Crippen LogP contribution in [0.1, 0.15) is 40.5 Å². The molecule has 102 valence electrons. The van der Waals surface area contributed by atoms with Gasteiger partial charge in [-0.2, -0.15) is 0 Å². The Hall–Kier alpha value is -1.38. The fraction of sp³-hybridized carbons (Fsp3) is 0.600. The van der Waals surface area contributed by atoms with Crippen LogP contribution in [0.2, 0.25) is 0 Å². The van der Waals surface area contributed by atoms with Crippen LogP contribution in [-0.2, 0) is 0 Å². The number of ether oxygens (including phenoxy) is 1. The molecule has 2 N–H and O–H groups in total. The molecule has 0 aromatic heterocycles. The second kappa shape index (κ2) is 7.14. The summed E-state index contributed by atoms with van der Waals surface area (Å²) >= 11 is 0. The Labute approximate surface area is 111 Å². The lowest BCUT2D eigenvalue weighted by molar-refractivity contribution is 0.319. The number of anilines is 2. The summed E-state index contributed by atoms with van der Waals surface area (Å²) in [5.41, 5.74) is 7.84. The minimum absolute atomic E-state index is 0.479. The van der Waals surface area contributed by atoms with E-state index in [0.717, 1.165) is 25.1 Å². The molecule has 1 rings (SSSR count). The molecular weight excluding hydrogens is 224 g/mol. The smallest absolute Gasteiger partial charge is 0.144 e. The van der Waals surface area contributed by atoms with Gasteiger partial charge in [-0.05, 0) is 38.8 Å². The van der Waals surface area contributed by atoms with Crippen molar-refractivity contribution < 1.29 is 4.74 Å². The van der Waals surface area contributed by atoms with Crippen LogP contribution >= 0.6 is 0 Å². The van der Waals surface area contributed by atoms with E-state index in [4.69, 9.17) is 10.5 Å². The Morgan fingerprint density at radius 2 is 1.94 bits per heavy atom. The van der Waals surface area contributed by atoms with Crippen LogP contribution in [-0.4, -0.2) is 19.2 Å². The molecule has 3 heteroatoms. The average Bonchev–Trinajstić information content (AvgIpc) is 2.35. The predicted octanol–water partition coefficient (Wildman–Crippen LogP) is 3.68. The zero-order valence-corrected chi connectivity index (χ0v) is 12.1. The van der Waals surface area contributed by atoms with Crippen molar-refractivity contribution in [2.45, 2.75) is 46.6 Å². The van der Waals surface area contributed by atoms with E-state index < -0.39 is 0 Å². The minimum Gasteiger partial charge on any atom is -0.491 e. The van der Waals surface area contributed by atoms with Crippen molar-refractivity contribution in [3.05, 3.63) is 18.2 Å². The van der Waals surface area contributed by atoms with Crippen molar-refractivity contribution in [2.24, 2.45) is 0 Å². The number of hydrogen-bond acceptors (Lipinski definition) is 3. The van der Waals surface area contributed by atoms with E-state index in [1.54, 1.807) is 0 Å². The fourth-order valence-corrected chi connectivity index (χ4v) is 1.97. The van der Waals surface area contributed by atoms with Crippen molar-refractivity contribution >= 4 is 11.4 Å². The first-order chi connectivity index (χ1) is 8.60.